The van der Waals surface area contributed by atoms with Gasteiger partial charge in [-0.25, -0.2) is 13.8 Å². The molecular formula is C24H26F2N4O2. The number of rotatable bonds is 3. The van der Waals surface area contributed by atoms with E-state index in [0.717, 1.165) is 31.0 Å². The molecule has 32 heavy (non-hydrogen) atoms. The van der Waals surface area contributed by atoms with E-state index in [1.54, 1.807) is 15.5 Å². The predicted octanol–water partition coefficient (Wildman–Crippen LogP) is 3.94. The summed E-state index contributed by atoms with van der Waals surface area (Å²) in [7, 11) is 0. The van der Waals surface area contributed by atoms with Crippen LogP contribution in [0.4, 0.5) is 14.5 Å². The number of benzene rings is 1. The molecule has 0 saturated carbocycles. The van der Waals surface area contributed by atoms with E-state index < -0.39 is 11.6 Å². The molecule has 1 aromatic carbocycles. The molecule has 5 rings (SSSR count). The van der Waals surface area contributed by atoms with Gasteiger partial charge in [0.15, 0.2) is 0 Å². The molecule has 0 bridgehead atoms. The number of hydrogen-bond donors (Lipinski definition) is 1. The fourth-order valence-electron chi connectivity index (χ4n) is 4.91. The van der Waals surface area contributed by atoms with Crippen LogP contribution in [0.15, 0.2) is 42.7 Å². The minimum absolute atomic E-state index is 0.113. The lowest BCUT2D eigenvalue weighted by Gasteiger charge is -2.28. The summed E-state index contributed by atoms with van der Waals surface area (Å²) in [6, 6.07) is 7.07. The van der Waals surface area contributed by atoms with E-state index in [2.05, 4.69) is 9.88 Å². The number of aromatic nitrogens is 2. The van der Waals surface area contributed by atoms with Gasteiger partial charge >= 0.3 is 0 Å². The molecule has 6 nitrogen and oxygen atoms in total. The number of likely N-dealkylation sites (tertiary alicyclic amines) is 1. The van der Waals surface area contributed by atoms with Crippen LogP contribution in [0.3, 0.4) is 0 Å². The molecule has 2 fully saturated rings. The highest BCUT2D eigenvalue weighted by Crippen LogP contribution is 2.37. The molecule has 1 N–H and O–H groups in total. The third-order valence-electron chi connectivity index (χ3n) is 6.60. The highest BCUT2D eigenvalue weighted by molar-refractivity contribution is 5.93. The summed E-state index contributed by atoms with van der Waals surface area (Å²) in [6.07, 6.45) is 6.71. The van der Waals surface area contributed by atoms with Crippen LogP contribution in [-0.4, -0.2) is 51.0 Å². The number of halogens is 2. The van der Waals surface area contributed by atoms with E-state index in [1.165, 1.54) is 12.1 Å². The van der Waals surface area contributed by atoms with Gasteiger partial charge in [0.25, 0.3) is 5.91 Å². The molecule has 2 atom stereocenters. The number of nitrogens with zero attached hydrogens (tertiary/aromatic N) is 4. The Morgan fingerprint density at radius 2 is 1.88 bits per heavy atom. The van der Waals surface area contributed by atoms with Crippen LogP contribution in [0, 0.1) is 11.6 Å². The van der Waals surface area contributed by atoms with Gasteiger partial charge in [-0.1, -0.05) is 0 Å². The Hall–Kier alpha value is -3.00. The van der Waals surface area contributed by atoms with Crippen LogP contribution < -0.4 is 4.90 Å². The standard InChI is InChI=1S/C24H26F2N4O2/c25-16-5-7-20(26)19(13-16)21-4-2-11-29(21)17-6-8-23-27-14-22(30(23)15-17)24(32)28-10-1-3-18(31)9-12-28/h5-8,13-15,18,21,31H,1-4,9-12H2/t18?,21-/m1/s1. The van der Waals surface area contributed by atoms with Crippen molar-refractivity contribution in [3.05, 3.63) is 65.6 Å². The first-order chi connectivity index (χ1) is 15.5. The van der Waals surface area contributed by atoms with Crippen molar-refractivity contribution in [3.8, 4) is 0 Å². The summed E-state index contributed by atoms with van der Waals surface area (Å²) < 4.78 is 30.1. The third-order valence-corrected chi connectivity index (χ3v) is 6.60. The third kappa shape index (κ3) is 3.83. The molecule has 2 saturated heterocycles. The van der Waals surface area contributed by atoms with Crippen molar-refractivity contribution in [2.24, 2.45) is 0 Å². The first-order valence-corrected chi connectivity index (χ1v) is 11.2. The van der Waals surface area contributed by atoms with Crippen LogP contribution in [0.25, 0.3) is 5.65 Å². The van der Waals surface area contributed by atoms with Crippen molar-refractivity contribution < 1.29 is 18.7 Å². The Labute approximate surface area is 185 Å². The number of fused-ring (bicyclic) bond motifs is 1. The summed E-state index contributed by atoms with van der Waals surface area (Å²) >= 11 is 0. The van der Waals surface area contributed by atoms with Gasteiger partial charge in [-0.05, 0) is 62.4 Å². The second-order valence-electron chi connectivity index (χ2n) is 8.65. The van der Waals surface area contributed by atoms with Crippen molar-refractivity contribution in [2.75, 3.05) is 24.5 Å². The second kappa shape index (κ2) is 8.50. The topological polar surface area (TPSA) is 61.1 Å². The van der Waals surface area contributed by atoms with Gasteiger partial charge in [-0.3, -0.25) is 9.20 Å². The first-order valence-electron chi connectivity index (χ1n) is 11.2. The summed E-state index contributed by atoms with van der Waals surface area (Å²) in [5.74, 6) is -0.974. The van der Waals surface area contributed by atoms with Gasteiger partial charge in [-0.15, -0.1) is 0 Å². The number of amides is 1. The Bertz CT molecular complexity index is 1150. The van der Waals surface area contributed by atoms with Gasteiger partial charge in [0.1, 0.15) is 23.0 Å². The van der Waals surface area contributed by atoms with Crippen LogP contribution in [0.5, 0.6) is 0 Å². The average Bonchev–Trinajstić information content (AvgIpc) is 3.38. The maximum atomic E-state index is 14.5. The van der Waals surface area contributed by atoms with E-state index in [0.29, 0.717) is 49.4 Å². The number of aliphatic hydroxyl groups excluding tert-OH is 1. The van der Waals surface area contributed by atoms with Crippen molar-refractivity contribution in [3.63, 3.8) is 0 Å². The van der Waals surface area contributed by atoms with Crippen molar-refractivity contribution in [1.82, 2.24) is 14.3 Å². The second-order valence-corrected chi connectivity index (χ2v) is 8.65. The maximum absolute atomic E-state index is 14.5. The monoisotopic (exact) mass is 440 g/mol. The van der Waals surface area contributed by atoms with E-state index in [9.17, 15) is 18.7 Å². The number of carbonyl (C=O) groups is 1. The Balaban J connectivity index is 1.47. The van der Waals surface area contributed by atoms with E-state index in [1.807, 2.05) is 18.3 Å². The number of anilines is 1. The SMILES string of the molecule is O=C(c1cnc2ccc(N3CCC[C@@H]3c3cc(F)ccc3F)cn12)N1CCCC(O)CC1. The van der Waals surface area contributed by atoms with E-state index >= 15 is 0 Å². The number of carbonyl (C=O) groups excluding carboxylic acids is 1. The molecule has 2 aromatic heterocycles. The molecular weight excluding hydrogens is 414 g/mol. The minimum atomic E-state index is -0.450. The molecule has 0 spiro atoms. The highest BCUT2D eigenvalue weighted by Gasteiger charge is 2.30. The largest absolute Gasteiger partial charge is 0.393 e. The lowest BCUT2D eigenvalue weighted by molar-refractivity contribution is 0.0746. The molecule has 0 aliphatic carbocycles. The average molecular weight is 440 g/mol. The number of aliphatic hydroxyl groups is 1. The van der Waals surface area contributed by atoms with Crippen molar-refractivity contribution in [2.45, 2.75) is 44.2 Å². The van der Waals surface area contributed by atoms with Crippen LogP contribution in [0.1, 0.15) is 54.2 Å². The molecule has 168 valence electrons. The fourth-order valence-corrected chi connectivity index (χ4v) is 4.91. The van der Waals surface area contributed by atoms with E-state index in [-0.39, 0.29) is 18.1 Å². The molecule has 1 unspecified atom stereocenters. The van der Waals surface area contributed by atoms with Crippen molar-refractivity contribution in [1.29, 1.82) is 0 Å². The minimum Gasteiger partial charge on any atom is -0.393 e. The first kappa shape index (κ1) is 20.9. The van der Waals surface area contributed by atoms with Crippen LogP contribution >= 0.6 is 0 Å². The smallest absolute Gasteiger partial charge is 0.272 e. The lowest BCUT2D eigenvalue weighted by atomic mass is 10.0. The zero-order valence-corrected chi connectivity index (χ0v) is 17.8. The van der Waals surface area contributed by atoms with Crippen LogP contribution in [-0.2, 0) is 0 Å². The number of imidazole rings is 1. The molecule has 3 aromatic rings. The summed E-state index contributed by atoms with van der Waals surface area (Å²) in [5.41, 5.74) is 2.31. The van der Waals surface area contributed by atoms with Gasteiger partial charge in [0.05, 0.1) is 24.0 Å². The zero-order chi connectivity index (χ0) is 22.2. The molecule has 1 amide bonds. The molecule has 8 heteroatoms. The van der Waals surface area contributed by atoms with Crippen LogP contribution in [0.2, 0.25) is 0 Å². The summed E-state index contributed by atoms with van der Waals surface area (Å²) in [4.78, 5) is 21.4. The van der Waals surface area contributed by atoms with Gasteiger partial charge < -0.3 is 14.9 Å². The molecule has 2 aliphatic rings. The molecule has 4 heterocycles. The Kier molecular flexibility index (Phi) is 5.55. The highest BCUT2D eigenvalue weighted by atomic mass is 19.1. The van der Waals surface area contributed by atoms with Gasteiger partial charge in [0.2, 0.25) is 0 Å². The fraction of sp³-hybridized carbons (Fsp3) is 0.417. The molecule has 2 aliphatic heterocycles. The quantitative estimate of drug-likeness (QED) is 0.670. The maximum Gasteiger partial charge on any atom is 0.272 e. The normalized spacial score (nSPS) is 21.8. The molecule has 0 radical (unpaired) electrons. The lowest BCUT2D eigenvalue weighted by Crippen LogP contribution is -2.33. The van der Waals surface area contributed by atoms with Gasteiger partial charge in [0, 0.05) is 31.4 Å². The van der Waals surface area contributed by atoms with Gasteiger partial charge in [-0.2, -0.15) is 0 Å². The summed E-state index contributed by atoms with van der Waals surface area (Å²) in [5, 5.41) is 9.89. The zero-order valence-electron chi connectivity index (χ0n) is 17.8. The van der Waals surface area contributed by atoms with Crippen molar-refractivity contribution >= 4 is 17.2 Å². The number of pyridine rings is 1. The Morgan fingerprint density at radius 3 is 2.75 bits per heavy atom. The Morgan fingerprint density at radius 1 is 1.03 bits per heavy atom. The van der Waals surface area contributed by atoms with E-state index in [4.69, 9.17) is 0 Å². The predicted molar refractivity (Wildman–Crippen MR) is 117 cm³/mol. The number of hydrogen-bond acceptors (Lipinski definition) is 4. The summed E-state index contributed by atoms with van der Waals surface area (Å²) in [6.45, 7) is 1.84.